The molecule has 1 aromatic heterocycles. The Morgan fingerprint density at radius 3 is 2.93 bits per heavy atom. The smallest absolute Gasteiger partial charge is 0.250 e. The number of nitrogens with zero attached hydrogens (tertiary/aromatic N) is 1. The molecule has 3 nitrogen and oxygen atoms in total. The number of hydrogen-bond acceptors (Lipinski definition) is 2. The van der Waals surface area contributed by atoms with Crippen molar-refractivity contribution >= 4 is 0 Å². The first-order valence-corrected chi connectivity index (χ1v) is 5.14. The molecule has 0 bridgehead atoms. The van der Waals surface area contributed by atoms with E-state index >= 15 is 0 Å². The first-order valence-electron chi connectivity index (χ1n) is 5.14. The summed E-state index contributed by atoms with van der Waals surface area (Å²) in [6, 6.07) is 5.75. The molecular weight excluding hydrogens is 176 g/mol. The second-order valence-corrected chi connectivity index (χ2v) is 3.92. The summed E-state index contributed by atoms with van der Waals surface area (Å²) in [4.78, 5) is 11.4. The van der Waals surface area contributed by atoms with E-state index < -0.39 is 0 Å². The molecule has 2 rings (SSSR count). The van der Waals surface area contributed by atoms with Crippen LogP contribution in [0.4, 0.5) is 0 Å². The average molecular weight is 192 g/mol. The average Bonchev–Trinajstić information content (AvgIpc) is 3.00. The monoisotopic (exact) mass is 192 g/mol. The van der Waals surface area contributed by atoms with Crippen LogP contribution in [-0.2, 0) is 6.54 Å². The van der Waals surface area contributed by atoms with E-state index in [9.17, 15) is 4.79 Å². The summed E-state index contributed by atoms with van der Waals surface area (Å²) in [6.45, 7) is 0.792. The maximum atomic E-state index is 11.4. The Morgan fingerprint density at radius 1 is 1.57 bits per heavy atom. The molecule has 76 valence electrons. The zero-order valence-corrected chi connectivity index (χ0v) is 8.44. The maximum absolute atomic E-state index is 11.4. The molecule has 1 saturated carbocycles. The van der Waals surface area contributed by atoms with Crippen LogP contribution < -0.4 is 10.9 Å². The van der Waals surface area contributed by atoms with E-state index in [-0.39, 0.29) is 5.56 Å². The van der Waals surface area contributed by atoms with E-state index in [1.165, 1.54) is 12.8 Å². The molecule has 1 fully saturated rings. The molecule has 0 radical (unpaired) electrons. The summed E-state index contributed by atoms with van der Waals surface area (Å²) < 4.78 is 1.78. The van der Waals surface area contributed by atoms with Crippen molar-refractivity contribution in [3.8, 4) is 0 Å². The Kier molecular flexibility index (Phi) is 2.68. The van der Waals surface area contributed by atoms with Crippen molar-refractivity contribution in [3.05, 3.63) is 34.7 Å². The van der Waals surface area contributed by atoms with E-state index in [1.54, 1.807) is 16.7 Å². The number of nitrogens with one attached hydrogen (secondary N) is 1. The van der Waals surface area contributed by atoms with Gasteiger partial charge in [0, 0.05) is 24.8 Å². The number of aromatic nitrogens is 1. The van der Waals surface area contributed by atoms with Crippen LogP contribution in [0.15, 0.2) is 29.2 Å². The molecule has 3 heteroatoms. The first kappa shape index (κ1) is 9.46. The Balaban J connectivity index is 2.08. The zero-order valence-electron chi connectivity index (χ0n) is 8.44. The maximum Gasteiger partial charge on any atom is 0.250 e. The van der Waals surface area contributed by atoms with Crippen molar-refractivity contribution in [2.24, 2.45) is 5.92 Å². The van der Waals surface area contributed by atoms with Crippen LogP contribution in [0.25, 0.3) is 0 Å². The Bertz CT molecular complexity index is 354. The molecule has 1 aromatic rings. The van der Waals surface area contributed by atoms with Crippen LogP contribution >= 0.6 is 0 Å². The van der Waals surface area contributed by atoms with Crippen molar-refractivity contribution in [2.45, 2.75) is 25.4 Å². The van der Waals surface area contributed by atoms with Gasteiger partial charge in [-0.1, -0.05) is 6.07 Å². The molecule has 0 aliphatic heterocycles. The van der Waals surface area contributed by atoms with E-state index in [0.29, 0.717) is 6.04 Å². The quantitative estimate of drug-likeness (QED) is 0.767. The second-order valence-electron chi connectivity index (χ2n) is 3.92. The molecule has 1 unspecified atom stereocenters. The standard InChI is InChI=1S/C11H16N2O/c1-12-10(9-5-6-9)8-13-7-3-2-4-11(13)14/h2-4,7,9-10,12H,5-6,8H2,1H3. The summed E-state index contributed by atoms with van der Waals surface area (Å²) >= 11 is 0. The minimum atomic E-state index is 0.0911. The van der Waals surface area contributed by atoms with Gasteiger partial charge >= 0.3 is 0 Å². The fourth-order valence-electron chi connectivity index (χ4n) is 1.80. The minimum absolute atomic E-state index is 0.0911. The van der Waals surface area contributed by atoms with Crippen molar-refractivity contribution in [2.75, 3.05) is 7.05 Å². The molecule has 0 spiro atoms. The Hall–Kier alpha value is -1.09. The van der Waals surface area contributed by atoms with Gasteiger partial charge in [-0.25, -0.2) is 0 Å². The fraction of sp³-hybridized carbons (Fsp3) is 0.545. The van der Waals surface area contributed by atoms with Crippen LogP contribution in [-0.4, -0.2) is 17.7 Å². The SMILES string of the molecule is CNC(Cn1ccccc1=O)C1CC1. The van der Waals surface area contributed by atoms with Gasteiger partial charge in [0.1, 0.15) is 0 Å². The van der Waals surface area contributed by atoms with E-state index in [1.807, 2.05) is 19.3 Å². The number of rotatable bonds is 4. The predicted octanol–water partition coefficient (Wildman–Crippen LogP) is 0.846. The molecule has 1 aliphatic carbocycles. The molecule has 0 amide bonds. The van der Waals surface area contributed by atoms with Gasteiger partial charge in [-0.2, -0.15) is 0 Å². The van der Waals surface area contributed by atoms with Crippen LogP contribution in [0, 0.1) is 5.92 Å². The van der Waals surface area contributed by atoms with Gasteiger partial charge in [0.2, 0.25) is 0 Å². The minimum Gasteiger partial charge on any atom is -0.315 e. The highest BCUT2D eigenvalue weighted by atomic mass is 16.1. The van der Waals surface area contributed by atoms with Crippen LogP contribution in [0.1, 0.15) is 12.8 Å². The highest BCUT2D eigenvalue weighted by Crippen LogP contribution is 2.32. The summed E-state index contributed by atoms with van der Waals surface area (Å²) in [5.41, 5.74) is 0.0911. The molecule has 0 aromatic carbocycles. The second kappa shape index (κ2) is 3.96. The Morgan fingerprint density at radius 2 is 2.36 bits per heavy atom. The molecule has 14 heavy (non-hydrogen) atoms. The van der Waals surface area contributed by atoms with Gasteiger partial charge in [0.15, 0.2) is 0 Å². The van der Waals surface area contributed by atoms with E-state index in [4.69, 9.17) is 0 Å². The number of pyridine rings is 1. The van der Waals surface area contributed by atoms with E-state index in [2.05, 4.69) is 5.32 Å². The van der Waals surface area contributed by atoms with Gasteiger partial charge in [0.25, 0.3) is 5.56 Å². The number of likely N-dealkylation sites (N-methyl/N-ethyl adjacent to an activating group) is 1. The van der Waals surface area contributed by atoms with Gasteiger partial charge in [-0.05, 0) is 31.9 Å². The third kappa shape index (κ3) is 2.04. The van der Waals surface area contributed by atoms with Crippen LogP contribution in [0.2, 0.25) is 0 Å². The topological polar surface area (TPSA) is 34.0 Å². The predicted molar refractivity (Wildman–Crippen MR) is 56.3 cm³/mol. The van der Waals surface area contributed by atoms with Crippen LogP contribution in [0.3, 0.4) is 0 Å². The van der Waals surface area contributed by atoms with Gasteiger partial charge in [-0.3, -0.25) is 4.79 Å². The highest BCUT2D eigenvalue weighted by molar-refractivity contribution is 4.95. The largest absolute Gasteiger partial charge is 0.315 e. The van der Waals surface area contributed by atoms with Gasteiger partial charge in [0.05, 0.1) is 0 Å². The van der Waals surface area contributed by atoms with Gasteiger partial charge < -0.3 is 9.88 Å². The zero-order chi connectivity index (χ0) is 9.97. The lowest BCUT2D eigenvalue weighted by Gasteiger charge is -2.16. The highest BCUT2D eigenvalue weighted by Gasteiger charge is 2.30. The molecule has 1 atom stereocenters. The molecule has 1 heterocycles. The van der Waals surface area contributed by atoms with Crippen molar-refractivity contribution < 1.29 is 0 Å². The van der Waals surface area contributed by atoms with E-state index in [0.717, 1.165) is 12.5 Å². The third-order valence-electron chi connectivity index (χ3n) is 2.85. The van der Waals surface area contributed by atoms with Crippen molar-refractivity contribution in [1.82, 2.24) is 9.88 Å². The lowest BCUT2D eigenvalue weighted by atomic mass is 10.2. The van der Waals surface area contributed by atoms with Crippen molar-refractivity contribution in [3.63, 3.8) is 0 Å². The fourth-order valence-corrected chi connectivity index (χ4v) is 1.80. The molecule has 1 N–H and O–H groups in total. The normalized spacial score (nSPS) is 18.1. The summed E-state index contributed by atoms with van der Waals surface area (Å²) in [5, 5.41) is 3.28. The van der Waals surface area contributed by atoms with Crippen LogP contribution in [0.5, 0.6) is 0 Å². The number of hydrogen-bond donors (Lipinski definition) is 1. The van der Waals surface area contributed by atoms with Crippen molar-refractivity contribution in [1.29, 1.82) is 0 Å². The lowest BCUT2D eigenvalue weighted by Crippen LogP contribution is -2.35. The molecular formula is C11H16N2O. The summed E-state index contributed by atoms with van der Waals surface area (Å²) in [6.07, 6.45) is 4.45. The Labute approximate surface area is 83.8 Å². The third-order valence-corrected chi connectivity index (χ3v) is 2.85. The molecule has 1 aliphatic rings. The summed E-state index contributed by atoms with van der Waals surface area (Å²) in [5.74, 6) is 0.770. The lowest BCUT2D eigenvalue weighted by molar-refractivity contribution is 0.429. The van der Waals surface area contributed by atoms with Gasteiger partial charge in [-0.15, -0.1) is 0 Å². The summed E-state index contributed by atoms with van der Waals surface area (Å²) in [7, 11) is 1.97. The first-order chi connectivity index (χ1) is 6.81. The molecule has 0 saturated heterocycles.